The average Bonchev–Trinajstić information content (AvgIpc) is 2.85. The zero-order valence-corrected chi connectivity index (χ0v) is 15.1. The second-order valence-corrected chi connectivity index (χ2v) is 8.11. The highest BCUT2D eigenvalue weighted by Crippen LogP contribution is 2.21. The largest absolute Gasteiger partial charge is 0.383 e. The molecule has 1 N–H and O–H groups in total. The summed E-state index contributed by atoms with van der Waals surface area (Å²) >= 11 is 0. The van der Waals surface area contributed by atoms with Gasteiger partial charge in [-0.05, 0) is 38.0 Å². The number of hydrogen-bond acceptors (Lipinski definition) is 4. The lowest BCUT2D eigenvalue weighted by Gasteiger charge is -2.20. The monoisotopic (exact) mass is 354 g/mol. The van der Waals surface area contributed by atoms with Crippen molar-refractivity contribution in [2.75, 3.05) is 26.8 Å². The molecule has 0 bridgehead atoms. The first-order chi connectivity index (χ1) is 11.4. The van der Waals surface area contributed by atoms with Gasteiger partial charge in [0.2, 0.25) is 10.0 Å². The lowest BCUT2D eigenvalue weighted by Crippen LogP contribution is -2.36. The molecule has 7 heteroatoms. The van der Waals surface area contributed by atoms with E-state index in [0.717, 1.165) is 25.7 Å². The molecule has 0 aliphatic carbocycles. The highest BCUT2D eigenvalue weighted by Gasteiger charge is 2.25. The molecule has 1 aliphatic heterocycles. The predicted molar refractivity (Wildman–Crippen MR) is 92.5 cm³/mol. The molecular weight excluding hydrogens is 328 g/mol. The first-order valence-corrected chi connectivity index (χ1v) is 9.79. The quantitative estimate of drug-likeness (QED) is 0.848. The van der Waals surface area contributed by atoms with Gasteiger partial charge in [0.15, 0.2) is 0 Å². The average molecular weight is 354 g/mol. The van der Waals surface area contributed by atoms with Gasteiger partial charge < -0.3 is 10.1 Å². The second-order valence-electron chi connectivity index (χ2n) is 6.18. The SMILES string of the molecule is COCC(C)NC(=O)c1cccc(S(=O)(=O)N2CCCCCC2)c1. The Bertz CT molecular complexity index is 652. The van der Waals surface area contributed by atoms with Crippen LogP contribution in [0.3, 0.4) is 0 Å². The lowest BCUT2D eigenvalue weighted by atomic mass is 10.2. The zero-order valence-electron chi connectivity index (χ0n) is 14.3. The Labute approximate surface area is 144 Å². The van der Waals surface area contributed by atoms with Gasteiger partial charge in [-0.15, -0.1) is 0 Å². The van der Waals surface area contributed by atoms with E-state index in [4.69, 9.17) is 4.74 Å². The number of carbonyl (C=O) groups excluding carboxylic acids is 1. The van der Waals surface area contributed by atoms with Gasteiger partial charge in [0, 0.05) is 31.8 Å². The highest BCUT2D eigenvalue weighted by molar-refractivity contribution is 7.89. The van der Waals surface area contributed by atoms with Gasteiger partial charge in [0.25, 0.3) is 5.91 Å². The summed E-state index contributed by atoms with van der Waals surface area (Å²) in [5, 5.41) is 2.79. The van der Waals surface area contributed by atoms with Gasteiger partial charge in [-0.3, -0.25) is 4.79 Å². The molecule has 134 valence electrons. The Hall–Kier alpha value is -1.44. The molecule has 1 aliphatic rings. The highest BCUT2D eigenvalue weighted by atomic mass is 32.2. The van der Waals surface area contributed by atoms with Crippen molar-refractivity contribution >= 4 is 15.9 Å². The third kappa shape index (κ3) is 4.78. The van der Waals surface area contributed by atoms with Crippen LogP contribution in [0.4, 0.5) is 0 Å². The van der Waals surface area contributed by atoms with E-state index >= 15 is 0 Å². The molecule has 0 saturated carbocycles. The minimum Gasteiger partial charge on any atom is -0.383 e. The Balaban J connectivity index is 2.18. The van der Waals surface area contributed by atoms with Crippen LogP contribution in [-0.4, -0.2) is 51.5 Å². The maximum atomic E-state index is 12.8. The first kappa shape index (κ1) is 18.9. The van der Waals surface area contributed by atoms with Crippen LogP contribution in [-0.2, 0) is 14.8 Å². The number of sulfonamides is 1. The smallest absolute Gasteiger partial charge is 0.251 e. The van der Waals surface area contributed by atoms with Crippen molar-refractivity contribution in [3.05, 3.63) is 29.8 Å². The third-order valence-corrected chi connectivity index (χ3v) is 5.99. The number of amides is 1. The molecule has 0 spiro atoms. The number of methoxy groups -OCH3 is 1. The molecule has 1 aromatic rings. The van der Waals surface area contributed by atoms with Crippen molar-refractivity contribution < 1.29 is 17.9 Å². The molecule has 1 saturated heterocycles. The molecule has 1 heterocycles. The zero-order chi connectivity index (χ0) is 17.6. The summed E-state index contributed by atoms with van der Waals surface area (Å²) in [7, 11) is -1.98. The van der Waals surface area contributed by atoms with Crippen LogP contribution in [0.25, 0.3) is 0 Å². The summed E-state index contributed by atoms with van der Waals surface area (Å²) in [4.78, 5) is 12.4. The van der Waals surface area contributed by atoms with Gasteiger partial charge in [0.05, 0.1) is 11.5 Å². The van der Waals surface area contributed by atoms with Crippen LogP contribution in [0.2, 0.25) is 0 Å². The number of rotatable bonds is 6. The van der Waals surface area contributed by atoms with Crippen molar-refractivity contribution in [3.8, 4) is 0 Å². The van der Waals surface area contributed by atoms with E-state index in [0.29, 0.717) is 25.3 Å². The fourth-order valence-electron chi connectivity index (χ4n) is 2.83. The van der Waals surface area contributed by atoms with Crippen LogP contribution in [0.15, 0.2) is 29.2 Å². The molecule has 24 heavy (non-hydrogen) atoms. The molecule has 1 unspecified atom stereocenters. The first-order valence-electron chi connectivity index (χ1n) is 8.35. The predicted octanol–water partition coefficient (Wildman–Crippen LogP) is 2.02. The van der Waals surface area contributed by atoms with Crippen LogP contribution >= 0.6 is 0 Å². The summed E-state index contributed by atoms with van der Waals surface area (Å²) in [6.45, 7) is 3.32. The molecule has 1 amide bonds. The van der Waals surface area contributed by atoms with E-state index in [9.17, 15) is 13.2 Å². The van der Waals surface area contributed by atoms with E-state index in [2.05, 4.69) is 5.32 Å². The van der Waals surface area contributed by atoms with E-state index in [-0.39, 0.29) is 16.8 Å². The summed E-state index contributed by atoms with van der Waals surface area (Å²) in [5.41, 5.74) is 0.342. The minimum absolute atomic E-state index is 0.145. The Morgan fingerprint density at radius 1 is 1.25 bits per heavy atom. The summed E-state index contributed by atoms with van der Waals surface area (Å²) in [6, 6.07) is 6.09. The lowest BCUT2D eigenvalue weighted by molar-refractivity contribution is 0.0905. The fraction of sp³-hybridized carbons (Fsp3) is 0.588. The topological polar surface area (TPSA) is 75.7 Å². The Morgan fingerprint density at radius 2 is 1.92 bits per heavy atom. The van der Waals surface area contributed by atoms with Crippen LogP contribution in [0.1, 0.15) is 43.0 Å². The van der Waals surface area contributed by atoms with E-state index < -0.39 is 10.0 Å². The number of nitrogens with one attached hydrogen (secondary N) is 1. The van der Waals surface area contributed by atoms with Crippen molar-refractivity contribution in [2.24, 2.45) is 0 Å². The molecule has 1 aromatic carbocycles. The second kappa shape index (κ2) is 8.60. The van der Waals surface area contributed by atoms with E-state index in [1.807, 2.05) is 6.92 Å². The molecular formula is C17H26N2O4S. The number of nitrogens with zero attached hydrogens (tertiary/aromatic N) is 1. The standard InChI is InChI=1S/C17H26N2O4S/c1-14(13-23-2)18-17(20)15-8-7-9-16(12-15)24(21,22)19-10-5-3-4-6-11-19/h7-9,12,14H,3-6,10-11,13H2,1-2H3,(H,18,20). The van der Waals surface area contributed by atoms with Crippen LogP contribution in [0.5, 0.6) is 0 Å². The molecule has 6 nitrogen and oxygen atoms in total. The van der Waals surface area contributed by atoms with Gasteiger partial charge >= 0.3 is 0 Å². The van der Waals surface area contributed by atoms with Crippen molar-refractivity contribution in [1.82, 2.24) is 9.62 Å². The molecule has 1 fully saturated rings. The fourth-order valence-corrected chi connectivity index (χ4v) is 4.39. The molecule has 0 aromatic heterocycles. The van der Waals surface area contributed by atoms with E-state index in [1.54, 1.807) is 25.3 Å². The van der Waals surface area contributed by atoms with Gasteiger partial charge in [0.1, 0.15) is 0 Å². The van der Waals surface area contributed by atoms with Gasteiger partial charge in [-0.25, -0.2) is 8.42 Å². The van der Waals surface area contributed by atoms with E-state index in [1.165, 1.54) is 10.4 Å². The van der Waals surface area contributed by atoms with Crippen LogP contribution in [0, 0.1) is 0 Å². The number of benzene rings is 1. The molecule has 1 atom stereocenters. The van der Waals surface area contributed by atoms with Gasteiger partial charge in [-0.2, -0.15) is 4.31 Å². The Morgan fingerprint density at radius 3 is 2.54 bits per heavy atom. The molecule has 0 radical (unpaired) electrons. The number of carbonyl (C=O) groups is 1. The van der Waals surface area contributed by atoms with Crippen LogP contribution < -0.4 is 5.32 Å². The minimum atomic E-state index is -3.55. The maximum absolute atomic E-state index is 12.8. The summed E-state index contributed by atoms with van der Waals surface area (Å²) in [6.07, 6.45) is 3.89. The van der Waals surface area contributed by atoms with Gasteiger partial charge in [-0.1, -0.05) is 18.9 Å². The Kier molecular flexibility index (Phi) is 6.77. The van der Waals surface area contributed by atoms with Crippen molar-refractivity contribution in [1.29, 1.82) is 0 Å². The normalized spacial score (nSPS) is 17.9. The summed E-state index contributed by atoms with van der Waals surface area (Å²) in [5.74, 6) is -0.299. The number of hydrogen-bond donors (Lipinski definition) is 1. The maximum Gasteiger partial charge on any atom is 0.251 e. The summed E-state index contributed by atoms with van der Waals surface area (Å²) < 4.78 is 32.2. The third-order valence-electron chi connectivity index (χ3n) is 4.09. The van der Waals surface area contributed by atoms with Crippen molar-refractivity contribution in [3.63, 3.8) is 0 Å². The van der Waals surface area contributed by atoms with Crippen molar-refractivity contribution in [2.45, 2.75) is 43.5 Å². The number of ether oxygens (including phenoxy) is 1. The molecule has 2 rings (SSSR count).